The number of carbonyl (C=O) groups is 4. The molecule has 2 heterocycles. The second-order valence-electron chi connectivity index (χ2n) is 6.30. The van der Waals surface area contributed by atoms with E-state index in [4.69, 9.17) is 15.3 Å². The molecule has 4 amide bonds. The van der Waals surface area contributed by atoms with Crippen molar-refractivity contribution in [2.45, 2.75) is 18.7 Å². The lowest BCUT2D eigenvalue weighted by atomic mass is 10.1. The van der Waals surface area contributed by atoms with Gasteiger partial charge in [0.25, 0.3) is 11.8 Å². The summed E-state index contributed by atoms with van der Waals surface area (Å²) in [5.74, 6) is 3.02. The molecule has 2 N–H and O–H groups in total. The molecule has 0 aromatic heterocycles. The van der Waals surface area contributed by atoms with Gasteiger partial charge in [-0.3, -0.25) is 24.0 Å². The molecule has 1 fully saturated rings. The summed E-state index contributed by atoms with van der Waals surface area (Å²) in [7, 11) is 0. The van der Waals surface area contributed by atoms with Crippen molar-refractivity contribution in [2.75, 3.05) is 26.4 Å². The third-order valence-electron chi connectivity index (χ3n) is 4.28. The summed E-state index contributed by atoms with van der Waals surface area (Å²) in [4.78, 5) is 49.7. The minimum Gasteiger partial charge on any atom is -0.446 e. The second kappa shape index (κ2) is 8.97. The molecule has 168 valence electrons. The first-order chi connectivity index (χ1) is 14.6. The number of hydrogen-bond acceptors (Lipinski definition) is 9. The van der Waals surface area contributed by atoms with Crippen molar-refractivity contribution in [3.63, 3.8) is 0 Å². The maximum atomic E-state index is 12.5. The highest BCUT2D eigenvalue weighted by atomic mass is 19.4. The van der Waals surface area contributed by atoms with E-state index < -0.39 is 55.7 Å². The van der Waals surface area contributed by atoms with E-state index in [1.54, 1.807) is 12.1 Å². The average Bonchev–Trinajstić information content (AvgIpc) is 3.00. The average molecular weight is 447 g/mol. The summed E-state index contributed by atoms with van der Waals surface area (Å²) in [6.45, 7) is -2.35. The summed E-state index contributed by atoms with van der Waals surface area (Å²) in [5.41, 5.74) is 0.465. The molecule has 0 atom stereocenters. The highest BCUT2D eigenvalue weighted by Crippen LogP contribution is 2.26. The van der Waals surface area contributed by atoms with Crippen molar-refractivity contribution in [3.05, 3.63) is 35.4 Å². The van der Waals surface area contributed by atoms with Crippen LogP contribution >= 0.6 is 0 Å². The monoisotopic (exact) mass is 447 g/mol. The van der Waals surface area contributed by atoms with Gasteiger partial charge in [-0.1, -0.05) is 12.1 Å². The fraction of sp³-hybridized carbons (Fsp3) is 0.412. The lowest BCUT2D eigenvalue weighted by Gasteiger charge is -2.33. The number of nitrogens with two attached hydrogens (primary N) is 1. The third kappa shape index (κ3) is 4.99. The fourth-order valence-electron chi connectivity index (χ4n) is 2.88. The molecular weight excluding hydrogens is 431 g/mol. The third-order valence-corrected chi connectivity index (χ3v) is 4.28. The normalized spacial score (nSPS) is 21.1. The zero-order valence-corrected chi connectivity index (χ0v) is 15.7. The van der Waals surface area contributed by atoms with Crippen LogP contribution in [0.25, 0.3) is 0 Å². The first kappa shape index (κ1) is 22.6. The number of imide groups is 2. The Balaban J connectivity index is 1.49. The van der Waals surface area contributed by atoms with E-state index >= 15 is 0 Å². The van der Waals surface area contributed by atoms with Gasteiger partial charge in [0.2, 0.25) is 6.29 Å². The minimum atomic E-state index is -4.90. The molecular formula is C17H16F3N3O8. The molecule has 14 heteroatoms. The van der Waals surface area contributed by atoms with Crippen molar-refractivity contribution in [1.82, 2.24) is 9.91 Å². The van der Waals surface area contributed by atoms with Crippen molar-refractivity contribution < 1.29 is 51.3 Å². The van der Waals surface area contributed by atoms with Crippen LogP contribution in [-0.4, -0.2) is 78.8 Å². The van der Waals surface area contributed by atoms with Crippen LogP contribution in [0, 0.1) is 0 Å². The lowest BCUT2D eigenvalue weighted by molar-refractivity contribution is -0.326. The van der Waals surface area contributed by atoms with Crippen LogP contribution in [0.2, 0.25) is 0 Å². The van der Waals surface area contributed by atoms with E-state index in [9.17, 15) is 32.3 Å². The second-order valence-corrected chi connectivity index (χ2v) is 6.30. The van der Waals surface area contributed by atoms with Gasteiger partial charge in [0, 0.05) is 0 Å². The highest BCUT2D eigenvalue weighted by molar-refractivity contribution is 6.21. The van der Waals surface area contributed by atoms with E-state index in [1.807, 2.05) is 0 Å². The zero-order chi connectivity index (χ0) is 22.8. The first-order valence-electron chi connectivity index (χ1n) is 8.76. The van der Waals surface area contributed by atoms with Crippen molar-refractivity contribution in [1.29, 1.82) is 0 Å². The Bertz CT molecular complexity index is 851. The number of nitrogens with zero attached hydrogens (tertiary/aromatic N) is 2. The van der Waals surface area contributed by atoms with Gasteiger partial charge >= 0.3 is 18.4 Å². The molecule has 2 aliphatic heterocycles. The summed E-state index contributed by atoms with van der Waals surface area (Å²) >= 11 is 0. The molecule has 0 saturated carbocycles. The molecule has 0 spiro atoms. The molecule has 0 radical (unpaired) electrons. The topological polar surface area (TPSA) is 138 Å². The maximum absolute atomic E-state index is 12.5. The van der Waals surface area contributed by atoms with Gasteiger partial charge in [0.05, 0.1) is 37.0 Å². The van der Waals surface area contributed by atoms with Gasteiger partial charge in [-0.2, -0.15) is 5.01 Å². The van der Waals surface area contributed by atoms with Gasteiger partial charge in [0.1, 0.15) is 6.61 Å². The van der Waals surface area contributed by atoms with E-state index in [0.29, 0.717) is 0 Å². The summed E-state index contributed by atoms with van der Waals surface area (Å²) in [6.07, 6.45) is -7.99. The summed E-state index contributed by atoms with van der Waals surface area (Å²) in [6, 6.07) is 5.41. The Kier molecular flexibility index (Phi) is 6.54. The fourth-order valence-corrected chi connectivity index (χ4v) is 2.88. The molecule has 2 aliphatic rings. The predicted octanol–water partition coefficient (Wildman–Crippen LogP) is 0.399. The minimum absolute atomic E-state index is 0.0272. The van der Waals surface area contributed by atoms with Crippen LogP contribution in [0.1, 0.15) is 20.7 Å². The predicted molar refractivity (Wildman–Crippen MR) is 90.8 cm³/mol. The first-order valence-corrected chi connectivity index (χ1v) is 8.76. The number of benzene rings is 1. The molecule has 1 aromatic rings. The smallest absolute Gasteiger partial charge is 0.446 e. The van der Waals surface area contributed by atoms with Gasteiger partial charge in [-0.05, 0) is 12.1 Å². The lowest BCUT2D eigenvalue weighted by Crippen LogP contribution is -2.55. The quantitative estimate of drug-likeness (QED) is 0.223. The van der Waals surface area contributed by atoms with E-state index in [0.717, 1.165) is 4.90 Å². The molecule has 0 unspecified atom stereocenters. The number of hydrogen-bond donors (Lipinski definition) is 1. The van der Waals surface area contributed by atoms with Crippen molar-refractivity contribution in [2.24, 2.45) is 5.84 Å². The zero-order valence-electron chi connectivity index (χ0n) is 15.7. The highest BCUT2D eigenvalue weighted by Gasteiger charge is 2.43. The SMILES string of the molecule is NN(C(=O)OCCOC(F)(F)F)C(=O)[C@H]1OC[C@H](N2C(=O)c3ccccc3C2=O)CO1. The molecule has 1 saturated heterocycles. The molecule has 3 rings (SSSR count). The van der Waals surface area contributed by atoms with Gasteiger partial charge in [-0.15, -0.1) is 13.2 Å². The van der Waals surface area contributed by atoms with E-state index in [2.05, 4.69) is 9.47 Å². The number of halogens is 3. The number of hydrazine groups is 1. The Morgan fingerprint density at radius 3 is 2.16 bits per heavy atom. The molecule has 0 aliphatic carbocycles. The molecule has 1 aromatic carbocycles. The Hall–Kier alpha value is -3.07. The molecule has 31 heavy (non-hydrogen) atoms. The number of fused-ring (bicyclic) bond motifs is 1. The number of rotatable bonds is 5. The van der Waals surface area contributed by atoms with Crippen LogP contribution in [0.15, 0.2) is 24.3 Å². The Labute approximate surface area is 172 Å². The largest absolute Gasteiger partial charge is 0.522 e. The number of carbonyl (C=O) groups excluding carboxylic acids is 4. The van der Waals surface area contributed by atoms with Crippen LogP contribution < -0.4 is 5.84 Å². The van der Waals surface area contributed by atoms with Crippen molar-refractivity contribution in [3.8, 4) is 0 Å². The van der Waals surface area contributed by atoms with Crippen LogP contribution in [-0.2, 0) is 23.7 Å². The van der Waals surface area contributed by atoms with Gasteiger partial charge < -0.3 is 14.2 Å². The van der Waals surface area contributed by atoms with E-state index in [1.165, 1.54) is 12.1 Å². The van der Waals surface area contributed by atoms with Crippen molar-refractivity contribution >= 4 is 23.8 Å². The Morgan fingerprint density at radius 1 is 1.10 bits per heavy atom. The van der Waals surface area contributed by atoms with Crippen LogP contribution in [0.3, 0.4) is 0 Å². The van der Waals surface area contributed by atoms with Crippen LogP contribution in [0.5, 0.6) is 0 Å². The van der Waals surface area contributed by atoms with Gasteiger partial charge in [-0.25, -0.2) is 10.6 Å². The summed E-state index contributed by atoms with van der Waals surface area (Å²) in [5, 5.41) is -0.0272. The maximum Gasteiger partial charge on any atom is 0.522 e. The molecule has 11 nitrogen and oxygen atoms in total. The van der Waals surface area contributed by atoms with Crippen LogP contribution in [0.4, 0.5) is 18.0 Å². The summed E-state index contributed by atoms with van der Waals surface area (Å²) < 4.78 is 53.7. The number of ether oxygens (including phenoxy) is 4. The van der Waals surface area contributed by atoms with Gasteiger partial charge in [0.15, 0.2) is 0 Å². The standard InChI is InChI=1S/C17H16F3N3O8/c18-17(19,20)31-6-5-28-16(27)23(21)14(26)15-29-7-9(8-30-15)22-12(24)10-3-1-2-4-11(10)13(22)25/h1-4,9,15H,5-8,21H2/t9-,15-. The number of amides is 4. The molecule has 0 bridgehead atoms. The van der Waals surface area contributed by atoms with E-state index in [-0.39, 0.29) is 29.3 Å². The Morgan fingerprint density at radius 2 is 1.65 bits per heavy atom. The number of alkyl halides is 3.